The van der Waals surface area contributed by atoms with E-state index in [1.165, 1.54) is 0 Å². The van der Waals surface area contributed by atoms with E-state index < -0.39 is 6.29 Å². The van der Waals surface area contributed by atoms with Gasteiger partial charge in [0, 0.05) is 5.25 Å². The second-order valence-electron chi connectivity index (χ2n) is 4.68. The Morgan fingerprint density at radius 3 is 3.19 bits per heavy atom. The average Bonchev–Trinajstić information content (AvgIpc) is 2.81. The Hall–Kier alpha value is -0.520. The highest BCUT2D eigenvalue weighted by molar-refractivity contribution is 8.01. The van der Waals surface area contributed by atoms with Gasteiger partial charge in [0.15, 0.2) is 6.29 Å². The second kappa shape index (κ2) is 3.48. The topological polar surface area (TPSA) is 55.8 Å². The molecule has 1 N–H and O–H groups in total. The Morgan fingerprint density at radius 2 is 2.50 bits per heavy atom. The zero-order valence-corrected chi connectivity index (χ0v) is 9.78. The molecular weight excluding hydrogens is 228 g/mol. The summed E-state index contributed by atoms with van der Waals surface area (Å²) in [6.07, 6.45) is -0.486. The first kappa shape index (κ1) is 10.6. The molecule has 0 saturated carbocycles. The van der Waals surface area contributed by atoms with Crippen LogP contribution in [0.25, 0.3) is 0 Å². The van der Waals surface area contributed by atoms with Gasteiger partial charge in [-0.1, -0.05) is 6.58 Å². The number of esters is 1. The number of carbonyl (C=O) groups excluding carboxylic acids is 1. The van der Waals surface area contributed by atoms with Crippen molar-refractivity contribution in [3.8, 4) is 0 Å². The minimum absolute atomic E-state index is 0.0572. The molecule has 4 nitrogen and oxygen atoms in total. The highest BCUT2D eigenvalue weighted by Crippen LogP contribution is 2.56. The predicted molar refractivity (Wildman–Crippen MR) is 58.8 cm³/mol. The van der Waals surface area contributed by atoms with Crippen molar-refractivity contribution in [1.29, 1.82) is 0 Å². The Labute approximate surface area is 98.0 Å². The van der Waals surface area contributed by atoms with Crippen molar-refractivity contribution in [3.05, 3.63) is 12.2 Å². The predicted octanol–water partition coefficient (Wildman–Crippen LogP) is 0.695. The fourth-order valence-electron chi connectivity index (χ4n) is 2.67. The van der Waals surface area contributed by atoms with Crippen LogP contribution in [-0.4, -0.2) is 40.1 Å². The molecule has 6 atom stereocenters. The molecule has 2 bridgehead atoms. The van der Waals surface area contributed by atoms with Crippen LogP contribution in [0.3, 0.4) is 0 Å². The van der Waals surface area contributed by atoms with E-state index in [4.69, 9.17) is 9.47 Å². The third kappa shape index (κ3) is 1.35. The summed E-state index contributed by atoms with van der Waals surface area (Å²) in [5.74, 6) is -0.0391. The van der Waals surface area contributed by atoms with E-state index in [1.807, 2.05) is 0 Å². The Kier molecular flexibility index (Phi) is 2.31. The highest BCUT2D eigenvalue weighted by atomic mass is 32.2. The smallest absolute Gasteiger partial charge is 0.310 e. The summed E-state index contributed by atoms with van der Waals surface area (Å²) in [6, 6.07) is 0. The lowest BCUT2D eigenvalue weighted by Gasteiger charge is -2.26. The standard InChI is InChI=1S/C11H14O4S/c1-4(2)10(12)14-7-6-3-5-9(16-6)8(7)15-11(5)13/h5-10,12H,1,3H2,2H3. The molecule has 3 heterocycles. The lowest BCUT2D eigenvalue weighted by atomic mass is 9.88. The van der Waals surface area contributed by atoms with Gasteiger partial charge in [-0.15, -0.1) is 11.8 Å². The molecule has 0 spiro atoms. The second-order valence-corrected chi connectivity index (χ2v) is 6.10. The van der Waals surface area contributed by atoms with Gasteiger partial charge in [-0.2, -0.15) is 0 Å². The van der Waals surface area contributed by atoms with Crippen LogP contribution in [-0.2, 0) is 14.3 Å². The minimum Gasteiger partial charge on any atom is -0.458 e. The van der Waals surface area contributed by atoms with Crippen molar-refractivity contribution in [1.82, 2.24) is 0 Å². The Balaban J connectivity index is 1.75. The number of ether oxygens (including phenoxy) is 2. The van der Waals surface area contributed by atoms with Crippen LogP contribution in [0.15, 0.2) is 12.2 Å². The summed E-state index contributed by atoms with van der Waals surface area (Å²) < 4.78 is 10.8. The van der Waals surface area contributed by atoms with Gasteiger partial charge in [-0.05, 0) is 18.9 Å². The number of carbonyl (C=O) groups is 1. The monoisotopic (exact) mass is 242 g/mol. The normalized spacial score (nSPS) is 45.9. The third-order valence-electron chi connectivity index (χ3n) is 3.49. The Bertz CT molecular complexity index is 356. The lowest BCUT2D eigenvalue weighted by molar-refractivity contribution is -0.159. The van der Waals surface area contributed by atoms with Gasteiger partial charge in [0.1, 0.15) is 12.2 Å². The van der Waals surface area contributed by atoms with Gasteiger partial charge in [0.05, 0.1) is 11.2 Å². The molecule has 0 aliphatic carbocycles. The molecule has 0 aromatic rings. The number of thioether (sulfide) groups is 1. The number of aliphatic hydroxyl groups is 1. The SMILES string of the molecule is C=C(C)C(O)OC1C2CC3C(=O)OC1C3S2. The van der Waals surface area contributed by atoms with Crippen LogP contribution in [0.2, 0.25) is 0 Å². The fourth-order valence-corrected chi connectivity index (χ4v) is 4.54. The first-order valence-electron chi connectivity index (χ1n) is 5.43. The summed E-state index contributed by atoms with van der Waals surface area (Å²) in [6.45, 7) is 5.36. The molecule has 3 aliphatic heterocycles. The first-order valence-corrected chi connectivity index (χ1v) is 6.37. The molecule has 5 heteroatoms. The van der Waals surface area contributed by atoms with Crippen LogP contribution in [0.5, 0.6) is 0 Å². The van der Waals surface area contributed by atoms with E-state index in [9.17, 15) is 9.90 Å². The molecule has 3 aliphatic rings. The molecule has 3 fully saturated rings. The number of hydrogen-bond acceptors (Lipinski definition) is 5. The molecular formula is C11H14O4S. The maximum absolute atomic E-state index is 11.5. The number of rotatable bonds is 3. The van der Waals surface area contributed by atoms with Crippen LogP contribution in [0.1, 0.15) is 13.3 Å². The van der Waals surface area contributed by atoms with Crippen LogP contribution in [0.4, 0.5) is 0 Å². The largest absolute Gasteiger partial charge is 0.458 e. The van der Waals surface area contributed by atoms with E-state index >= 15 is 0 Å². The number of aliphatic hydroxyl groups excluding tert-OH is 1. The fraction of sp³-hybridized carbons (Fsp3) is 0.727. The third-order valence-corrected chi connectivity index (χ3v) is 5.21. The molecule has 0 aromatic carbocycles. The minimum atomic E-state index is -0.956. The molecule has 16 heavy (non-hydrogen) atoms. The van der Waals surface area contributed by atoms with E-state index in [-0.39, 0.29) is 34.6 Å². The first-order chi connectivity index (χ1) is 7.58. The van der Waals surface area contributed by atoms with Crippen LogP contribution >= 0.6 is 11.8 Å². The van der Waals surface area contributed by atoms with Gasteiger partial charge >= 0.3 is 5.97 Å². The average molecular weight is 242 g/mol. The highest BCUT2D eigenvalue weighted by Gasteiger charge is 2.63. The number of hydrogen-bond donors (Lipinski definition) is 1. The van der Waals surface area contributed by atoms with Crippen LogP contribution in [0, 0.1) is 5.92 Å². The molecule has 0 radical (unpaired) electrons. The van der Waals surface area contributed by atoms with Crippen molar-refractivity contribution in [2.75, 3.05) is 0 Å². The summed E-state index contributed by atoms with van der Waals surface area (Å²) in [5.41, 5.74) is 0.577. The zero-order chi connectivity index (χ0) is 11.4. The van der Waals surface area contributed by atoms with Crippen molar-refractivity contribution < 1.29 is 19.4 Å². The molecule has 0 aromatic heterocycles. The van der Waals surface area contributed by atoms with Crippen LogP contribution < -0.4 is 0 Å². The van der Waals surface area contributed by atoms with E-state index in [1.54, 1.807) is 18.7 Å². The summed E-state index contributed by atoms with van der Waals surface area (Å²) in [5, 5.41) is 10.2. The van der Waals surface area contributed by atoms with E-state index in [2.05, 4.69) is 6.58 Å². The van der Waals surface area contributed by atoms with Crippen molar-refractivity contribution >= 4 is 17.7 Å². The maximum atomic E-state index is 11.5. The van der Waals surface area contributed by atoms with Gasteiger partial charge in [0.25, 0.3) is 0 Å². The summed E-state index contributed by atoms with van der Waals surface area (Å²) >= 11 is 1.76. The van der Waals surface area contributed by atoms with E-state index in [0.29, 0.717) is 5.57 Å². The van der Waals surface area contributed by atoms with Gasteiger partial charge in [-0.3, -0.25) is 4.79 Å². The maximum Gasteiger partial charge on any atom is 0.310 e. The van der Waals surface area contributed by atoms with Gasteiger partial charge in [-0.25, -0.2) is 0 Å². The molecule has 3 rings (SSSR count). The van der Waals surface area contributed by atoms with Gasteiger partial charge in [0.2, 0.25) is 0 Å². The Morgan fingerprint density at radius 1 is 1.75 bits per heavy atom. The molecule has 88 valence electrons. The van der Waals surface area contributed by atoms with Gasteiger partial charge < -0.3 is 14.6 Å². The molecule has 3 saturated heterocycles. The summed E-state index contributed by atoms with van der Waals surface area (Å²) in [7, 11) is 0. The number of fused-ring (bicyclic) bond motifs is 1. The molecule has 6 unspecified atom stereocenters. The van der Waals surface area contributed by atoms with Crippen molar-refractivity contribution in [3.63, 3.8) is 0 Å². The van der Waals surface area contributed by atoms with E-state index in [0.717, 1.165) is 6.42 Å². The summed E-state index contributed by atoms with van der Waals surface area (Å²) in [4.78, 5) is 11.5. The lowest BCUT2D eigenvalue weighted by Crippen LogP contribution is -2.41. The van der Waals surface area contributed by atoms with Crippen molar-refractivity contribution in [2.24, 2.45) is 5.92 Å². The molecule has 0 amide bonds. The zero-order valence-electron chi connectivity index (χ0n) is 8.96. The quantitative estimate of drug-likeness (QED) is 0.448. The van der Waals surface area contributed by atoms with Crippen molar-refractivity contribution in [2.45, 2.75) is 42.3 Å².